The highest BCUT2D eigenvalue weighted by atomic mass is 16.6. The second-order valence-electron chi connectivity index (χ2n) is 8.10. The van der Waals surface area contributed by atoms with Gasteiger partial charge in [-0.05, 0) is 47.0 Å². The molecule has 0 aliphatic heterocycles. The van der Waals surface area contributed by atoms with E-state index >= 15 is 0 Å². The largest absolute Gasteiger partial charge is 0.496 e. The quantitative estimate of drug-likeness (QED) is 0.110. The van der Waals surface area contributed by atoms with Gasteiger partial charge in [0.05, 0.1) is 17.6 Å². The maximum Gasteiger partial charge on any atom is 0.280 e. The van der Waals surface area contributed by atoms with E-state index in [1.165, 1.54) is 29.8 Å². The monoisotopic (exact) mass is 479 g/mol. The van der Waals surface area contributed by atoms with E-state index in [-0.39, 0.29) is 17.9 Å². The van der Waals surface area contributed by atoms with E-state index in [0.29, 0.717) is 5.75 Å². The Hall–Kier alpha value is -4.71. The first-order valence-corrected chi connectivity index (χ1v) is 11.4. The lowest BCUT2D eigenvalue weighted by Crippen LogP contribution is -2.02. The average Bonchev–Trinajstić information content (AvgIpc) is 2.91. The third-order valence-corrected chi connectivity index (χ3v) is 5.69. The minimum absolute atomic E-state index is 0.0471. The topological polar surface area (TPSA) is 78.7 Å². The van der Waals surface area contributed by atoms with Crippen molar-refractivity contribution in [1.82, 2.24) is 0 Å². The molecule has 0 heterocycles. The van der Waals surface area contributed by atoms with Crippen LogP contribution in [0.15, 0.2) is 103 Å². The number of carbonyl (C=O) groups is 1. The third-order valence-electron chi connectivity index (χ3n) is 5.69. The first-order chi connectivity index (χ1) is 17.5. The van der Waals surface area contributed by atoms with Crippen LogP contribution in [0.25, 0.3) is 6.08 Å². The summed E-state index contributed by atoms with van der Waals surface area (Å²) in [6, 6.07) is 29.5. The number of para-hydroxylation sites is 2. The number of methoxy groups -OCH3 is 1. The Labute approximate surface area is 209 Å². The van der Waals surface area contributed by atoms with Crippen molar-refractivity contribution in [2.24, 2.45) is 0 Å². The number of nitro benzene ring substituents is 1. The predicted molar refractivity (Wildman–Crippen MR) is 139 cm³/mol. The van der Waals surface area contributed by atoms with Crippen LogP contribution in [0.5, 0.6) is 11.5 Å². The van der Waals surface area contributed by atoms with E-state index in [4.69, 9.17) is 9.47 Å². The van der Waals surface area contributed by atoms with Gasteiger partial charge in [0.1, 0.15) is 18.1 Å². The molecular formula is C30H25NO5. The summed E-state index contributed by atoms with van der Waals surface area (Å²) in [5.41, 5.74) is 3.66. The van der Waals surface area contributed by atoms with E-state index in [1.807, 2.05) is 60.7 Å². The third kappa shape index (κ3) is 6.04. The zero-order valence-corrected chi connectivity index (χ0v) is 19.8. The Kier molecular flexibility index (Phi) is 7.88. The number of benzene rings is 4. The predicted octanol–water partition coefficient (Wildman–Crippen LogP) is 6.67. The molecule has 4 rings (SSSR count). The van der Waals surface area contributed by atoms with E-state index in [1.54, 1.807) is 19.3 Å². The number of nitrogens with zero attached hydrogens (tertiary/aromatic N) is 1. The van der Waals surface area contributed by atoms with Crippen molar-refractivity contribution >= 4 is 17.5 Å². The summed E-state index contributed by atoms with van der Waals surface area (Å²) >= 11 is 0. The summed E-state index contributed by atoms with van der Waals surface area (Å²) in [6.45, 7) is 0.273. The fourth-order valence-corrected chi connectivity index (χ4v) is 3.88. The molecule has 0 fully saturated rings. The standard InChI is InChI=1S/C30H25NO5/c1-35-29-18-16-23(15-17-28(32)26-12-6-7-13-27(26)31(33)34)20-25(29)21-36-30-14-8-5-11-24(30)19-22-9-3-2-4-10-22/h2-18,20H,19,21H2,1H3/b17-15+. The van der Waals surface area contributed by atoms with E-state index in [9.17, 15) is 14.9 Å². The lowest BCUT2D eigenvalue weighted by Gasteiger charge is -2.14. The van der Waals surface area contributed by atoms with Gasteiger partial charge in [0.15, 0.2) is 5.78 Å². The van der Waals surface area contributed by atoms with Crippen LogP contribution in [0.3, 0.4) is 0 Å². The Morgan fingerprint density at radius 1 is 0.861 bits per heavy atom. The number of rotatable bonds is 10. The highest BCUT2D eigenvalue weighted by Gasteiger charge is 2.17. The first-order valence-electron chi connectivity index (χ1n) is 11.4. The van der Waals surface area contributed by atoms with Crippen LogP contribution in [-0.4, -0.2) is 17.8 Å². The van der Waals surface area contributed by atoms with Gasteiger partial charge < -0.3 is 9.47 Å². The maximum absolute atomic E-state index is 12.6. The van der Waals surface area contributed by atoms with Crippen LogP contribution in [-0.2, 0) is 13.0 Å². The van der Waals surface area contributed by atoms with Crippen LogP contribution in [0.1, 0.15) is 32.6 Å². The Balaban J connectivity index is 1.51. The number of allylic oxidation sites excluding steroid dienone is 1. The van der Waals surface area contributed by atoms with Gasteiger partial charge in [0, 0.05) is 18.1 Å². The van der Waals surface area contributed by atoms with Gasteiger partial charge in [0.2, 0.25) is 0 Å². The molecule has 6 heteroatoms. The number of hydrogen-bond donors (Lipinski definition) is 0. The molecule has 0 saturated heterocycles. The van der Waals surface area contributed by atoms with Crippen molar-refractivity contribution in [2.45, 2.75) is 13.0 Å². The summed E-state index contributed by atoms with van der Waals surface area (Å²) in [6.07, 6.45) is 3.72. The fraction of sp³-hybridized carbons (Fsp3) is 0.100. The number of ketones is 1. The molecule has 0 saturated carbocycles. The molecule has 0 unspecified atom stereocenters. The average molecular weight is 480 g/mol. The Bertz CT molecular complexity index is 1400. The minimum Gasteiger partial charge on any atom is -0.496 e. The molecule has 0 amide bonds. The van der Waals surface area contributed by atoms with Gasteiger partial charge in [-0.2, -0.15) is 0 Å². The zero-order chi connectivity index (χ0) is 25.3. The molecule has 180 valence electrons. The van der Waals surface area contributed by atoms with Gasteiger partial charge in [-0.1, -0.05) is 72.8 Å². The van der Waals surface area contributed by atoms with Gasteiger partial charge in [-0.25, -0.2) is 0 Å². The second kappa shape index (κ2) is 11.6. The molecule has 0 aromatic heterocycles. The summed E-state index contributed by atoms with van der Waals surface area (Å²) in [5.74, 6) is 1.01. The SMILES string of the molecule is COc1ccc(/C=C/C(=O)c2ccccc2[N+](=O)[O-])cc1COc1ccccc1Cc1ccccc1. The zero-order valence-electron chi connectivity index (χ0n) is 19.8. The lowest BCUT2D eigenvalue weighted by molar-refractivity contribution is -0.385. The summed E-state index contributed by atoms with van der Waals surface area (Å²) in [7, 11) is 1.59. The molecule has 0 aliphatic rings. The summed E-state index contributed by atoms with van der Waals surface area (Å²) in [5, 5.41) is 11.2. The van der Waals surface area contributed by atoms with Crippen molar-refractivity contribution in [3.05, 3.63) is 141 Å². The van der Waals surface area contributed by atoms with E-state index in [0.717, 1.165) is 28.9 Å². The van der Waals surface area contributed by atoms with Gasteiger partial charge >= 0.3 is 0 Å². The molecule has 4 aromatic rings. The number of hydrogen-bond acceptors (Lipinski definition) is 5. The molecular weight excluding hydrogens is 454 g/mol. The molecule has 0 spiro atoms. The van der Waals surface area contributed by atoms with Crippen molar-refractivity contribution in [1.29, 1.82) is 0 Å². The van der Waals surface area contributed by atoms with Crippen molar-refractivity contribution in [3.63, 3.8) is 0 Å². The maximum atomic E-state index is 12.6. The van der Waals surface area contributed by atoms with Crippen LogP contribution in [0.2, 0.25) is 0 Å². The van der Waals surface area contributed by atoms with Gasteiger partial charge in [-0.15, -0.1) is 0 Å². The molecule has 0 atom stereocenters. The molecule has 0 bridgehead atoms. The molecule has 0 N–H and O–H groups in total. The number of carbonyl (C=O) groups excluding carboxylic acids is 1. The van der Waals surface area contributed by atoms with E-state index < -0.39 is 10.7 Å². The smallest absolute Gasteiger partial charge is 0.280 e. The Morgan fingerprint density at radius 2 is 1.58 bits per heavy atom. The summed E-state index contributed by atoms with van der Waals surface area (Å²) in [4.78, 5) is 23.3. The number of ether oxygens (including phenoxy) is 2. The highest BCUT2D eigenvalue weighted by molar-refractivity contribution is 6.09. The first kappa shape index (κ1) is 24.4. The number of nitro groups is 1. The minimum atomic E-state index is -0.556. The van der Waals surface area contributed by atoms with E-state index in [2.05, 4.69) is 12.1 Å². The lowest BCUT2D eigenvalue weighted by atomic mass is 10.0. The van der Waals surface area contributed by atoms with Crippen LogP contribution >= 0.6 is 0 Å². The molecule has 36 heavy (non-hydrogen) atoms. The van der Waals surface area contributed by atoms with Gasteiger partial charge in [-0.3, -0.25) is 14.9 Å². The normalized spacial score (nSPS) is 10.8. The molecule has 6 nitrogen and oxygen atoms in total. The molecule has 0 radical (unpaired) electrons. The van der Waals surface area contributed by atoms with Crippen molar-refractivity contribution < 1.29 is 19.2 Å². The fourth-order valence-electron chi connectivity index (χ4n) is 3.88. The van der Waals surface area contributed by atoms with Gasteiger partial charge in [0.25, 0.3) is 5.69 Å². The molecule has 4 aromatic carbocycles. The van der Waals surface area contributed by atoms with Crippen LogP contribution in [0, 0.1) is 10.1 Å². The highest BCUT2D eigenvalue weighted by Crippen LogP contribution is 2.26. The molecule has 0 aliphatic carbocycles. The Morgan fingerprint density at radius 3 is 2.36 bits per heavy atom. The van der Waals surface area contributed by atoms with Crippen molar-refractivity contribution in [3.8, 4) is 11.5 Å². The summed E-state index contributed by atoms with van der Waals surface area (Å²) < 4.78 is 11.7. The van der Waals surface area contributed by atoms with Crippen molar-refractivity contribution in [2.75, 3.05) is 7.11 Å². The van der Waals surface area contributed by atoms with Crippen LogP contribution in [0.4, 0.5) is 5.69 Å². The second-order valence-corrected chi connectivity index (χ2v) is 8.10. The van der Waals surface area contributed by atoms with Crippen LogP contribution < -0.4 is 9.47 Å².